The number of methoxy groups -OCH3 is 1. The van der Waals surface area contributed by atoms with Crippen LogP contribution in [0.25, 0.3) is 0 Å². The molecule has 0 aliphatic carbocycles. The summed E-state index contributed by atoms with van der Waals surface area (Å²) in [4.78, 5) is 10.1. The molecule has 0 radical (unpaired) electrons. The van der Waals surface area contributed by atoms with Crippen LogP contribution in [0.1, 0.15) is 6.92 Å². The van der Waals surface area contributed by atoms with Gasteiger partial charge >= 0.3 is 0 Å². The summed E-state index contributed by atoms with van der Waals surface area (Å²) >= 11 is 0. The first-order valence-electron chi connectivity index (χ1n) is 4.75. The molecule has 82 valence electrons. The van der Waals surface area contributed by atoms with Gasteiger partial charge in [0.2, 0.25) is 11.8 Å². The molecule has 0 atom stereocenters. The van der Waals surface area contributed by atoms with Crippen molar-refractivity contribution in [2.24, 2.45) is 0 Å². The Labute approximate surface area is 89.6 Å². The van der Waals surface area contributed by atoms with E-state index in [1.807, 2.05) is 17.9 Å². The van der Waals surface area contributed by atoms with E-state index in [1.165, 1.54) is 0 Å². The summed E-state index contributed by atoms with van der Waals surface area (Å²) in [5.74, 6) is 1.44. The lowest BCUT2D eigenvalue weighted by Gasteiger charge is -2.20. The molecule has 1 heterocycles. The van der Waals surface area contributed by atoms with Gasteiger partial charge in [-0.15, -0.1) is 6.58 Å². The molecule has 0 bridgehead atoms. The minimum absolute atomic E-state index is 0.215. The largest absolute Gasteiger partial charge is 0.481 e. The Kier molecular flexibility index (Phi) is 3.91. The number of nitrogens with zero attached hydrogens (tertiary/aromatic N) is 3. The number of hydrogen-bond acceptors (Lipinski definition) is 5. The minimum Gasteiger partial charge on any atom is -0.481 e. The molecule has 2 N–H and O–H groups in total. The fourth-order valence-electron chi connectivity index (χ4n) is 1.24. The van der Waals surface area contributed by atoms with Crippen molar-refractivity contribution < 1.29 is 4.74 Å². The van der Waals surface area contributed by atoms with Crippen molar-refractivity contribution in [2.75, 3.05) is 30.8 Å². The van der Waals surface area contributed by atoms with E-state index >= 15 is 0 Å². The van der Waals surface area contributed by atoms with Gasteiger partial charge < -0.3 is 15.4 Å². The van der Waals surface area contributed by atoms with E-state index in [2.05, 4.69) is 16.5 Å². The molecule has 1 rings (SSSR count). The predicted octanol–water partition coefficient (Wildman–Crippen LogP) is 1.08. The SMILES string of the molecule is C=CCN(CC)c1cc(OC)nc(N)n1. The maximum Gasteiger partial charge on any atom is 0.225 e. The van der Waals surface area contributed by atoms with Crippen LogP contribution in [0.2, 0.25) is 0 Å². The second kappa shape index (κ2) is 5.19. The minimum atomic E-state index is 0.215. The van der Waals surface area contributed by atoms with Crippen molar-refractivity contribution in [3.63, 3.8) is 0 Å². The molecule has 0 saturated heterocycles. The lowest BCUT2D eigenvalue weighted by molar-refractivity contribution is 0.397. The third kappa shape index (κ3) is 2.83. The van der Waals surface area contributed by atoms with Crippen LogP contribution in [-0.4, -0.2) is 30.2 Å². The zero-order valence-corrected chi connectivity index (χ0v) is 9.10. The number of anilines is 2. The van der Waals surface area contributed by atoms with Crippen molar-refractivity contribution in [3.8, 4) is 5.88 Å². The maximum absolute atomic E-state index is 5.57. The van der Waals surface area contributed by atoms with Gasteiger partial charge in [0.15, 0.2) is 0 Å². The number of nitrogen functional groups attached to an aromatic ring is 1. The molecule has 0 spiro atoms. The van der Waals surface area contributed by atoms with E-state index < -0.39 is 0 Å². The molecule has 5 nitrogen and oxygen atoms in total. The second-order valence-corrected chi connectivity index (χ2v) is 2.95. The van der Waals surface area contributed by atoms with Crippen LogP contribution in [-0.2, 0) is 0 Å². The first kappa shape index (κ1) is 11.3. The quantitative estimate of drug-likeness (QED) is 0.733. The molecule has 0 aromatic carbocycles. The number of ether oxygens (including phenoxy) is 1. The zero-order valence-electron chi connectivity index (χ0n) is 9.10. The molecule has 15 heavy (non-hydrogen) atoms. The van der Waals surface area contributed by atoms with E-state index in [0.717, 1.165) is 18.9 Å². The molecule has 0 amide bonds. The van der Waals surface area contributed by atoms with Gasteiger partial charge in [0.25, 0.3) is 0 Å². The summed E-state index contributed by atoms with van der Waals surface area (Å²) in [5.41, 5.74) is 5.57. The van der Waals surface area contributed by atoms with Crippen molar-refractivity contribution in [1.29, 1.82) is 0 Å². The van der Waals surface area contributed by atoms with Gasteiger partial charge in [-0.3, -0.25) is 0 Å². The fourth-order valence-corrected chi connectivity index (χ4v) is 1.24. The maximum atomic E-state index is 5.57. The molecular weight excluding hydrogens is 192 g/mol. The zero-order chi connectivity index (χ0) is 11.3. The van der Waals surface area contributed by atoms with Gasteiger partial charge in [-0.2, -0.15) is 9.97 Å². The van der Waals surface area contributed by atoms with Crippen LogP contribution in [0.15, 0.2) is 18.7 Å². The Morgan fingerprint density at radius 2 is 2.33 bits per heavy atom. The number of aromatic nitrogens is 2. The van der Waals surface area contributed by atoms with E-state index in [0.29, 0.717) is 5.88 Å². The number of rotatable bonds is 5. The highest BCUT2D eigenvalue weighted by Gasteiger charge is 2.07. The predicted molar refractivity (Wildman–Crippen MR) is 61.1 cm³/mol. The van der Waals surface area contributed by atoms with E-state index in [9.17, 15) is 0 Å². The van der Waals surface area contributed by atoms with Crippen LogP contribution in [0.3, 0.4) is 0 Å². The summed E-state index contributed by atoms with van der Waals surface area (Å²) < 4.78 is 5.02. The van der Waals surface area contributed by atoms with Gasteiger partial charge in [-0.05, 0) is 6.92 Å². The highest BCUT2D eigenvalue weighted by Crippen LogP contribution is 2.17. The number of likely N-dealkylation sites (N-methyl/N-ethyl adjacent to an activating group) is 1. The molecule has 1 aromatic heterocycles. The topological polar surface area (TPSA) is 64.3 Å². The molecule has 0 fully saturated rings. The molecule has 5 heteroatoms. The Bertz CT molecular complexity index is 340. The van der Waals surface area contributed by atoms with Crippen LogP contribution in [0.5, 0.6) is 5.88 Å². The standard InChI is InChI=1S/C10H16N4O/c1-4-6-14(5-2)8-7-9(15-3)13-10(11)12-8/h4,7H,1,5-6H2,2-3H3,(H2,11,12,13). The Morgan fingerprint density at radius 1 is 1.60 bits per heavy atom. The van der Waals surface area contributed by atoms with Crippen LogP contribution in [0.4, 0.5) is 11.8 Å². The normalized spacial score (nSPS) is 9.73. The van der Waals surface area contributed by atoms with Crippen molar-refractivity contribution in [3.05, 3.63) is 18.7 Å². The van der Waals surface area contributed by atoms with Crippen molar-refractivity contribution in [2.45, 2.75) is 6.92 Å². The summed E-state index contributed by atoms with van der Waals surface area (Å²) in [7, 11) is 1.55. The third-order valence-corrected chi connectivity index (χ3v) is 1.97. The molecule has 0 saturated carbocycles. The lowest BCUT2D eigenvalue weighted by Crippen LogP contribution is -2.24. The molecule has 0 aliphatic heterocycles. The Hall–Kier alpha value is -1.78. The first-order valence-corrected chi connectivity index (χ1v) is 4.75. The van der Waals surface area contributed by atoms with E-state index in [4.69, 9.17) is 10.5 Å². The second-order valence-electron chi connectivity index (χ2n) is 2.95. The van der Waals surface area contributed by atoms with Gasteiger partial charge in [-0.1, -0.05) is 6.08 Å². The number of hydrogen-bond donors (Lipinski definition) is 1. The van der Waals surface area contributed by atoms with Crippen molar-refractivity contribution in [1.82, 2.24) is 9.97 Å². The van der Waals surface area contributed by atoms with Gasteiger partial charge in [0, 0.05) is 19.2 Å². The fraction of sp³-hybridized carbons (Fsp3) is 0.400. The van der Waals surface area contributed by atoms with Gasteiger partial charge in [0.1, 0.15) is 5.82 Å². The average molecular weight is 208 g/mol. The molecule has 0 unspecified atom stereocenters. The first-order chi connectivity index (χ1) is 7.21. The third-order valence-electron chi connectivity index (χ3n) is 1.97. The smallest absolute Gasteiger partial charge is 0.225 e. The van der Waals surface area contributed by atoms with Crippen LogP contribution in [0, 0.1) is 0 Å². The summed E-state index contributed by atoms with van der Waals surface area (Å²) in [6.45, 7) is 7.27. The highest BCUT2D eigenvalue weighted by atomic mass is 16.5. The lowest BCUT2D eigenvalue weighted by atomic mass is 10.4. The van der Waals surface area contributed by atoms with Crippen LogP contribution >= 0.6 is 0 Å². The monoisotopic (exact) mass is 208 g/mol. The summed E-state index contributed by atoms with van der Waals surface area (Å²) in [6, 6.07) is 1.75. The van der Waals surface area contributed by atoms with Crippen LogP contribution < -0.4 is 15.4 Å². The van der Waals surface area contributed by atoms with Crippen molar-refractivity contribution >= 4 is 11.8 Å². The number of nitrogens with two attached hydrogens (primary N) is 1. The molecule has 1 aromatic rings. The van der Waals surface area contributed by atoms with Gasteiger partial charge in [-0.25, -0.2) is 0 Å². The average Bonchev–Trinajstić information content (AvgIpc) is 2.24. The van der Waals surface area contributed by atoms with E-state index in [-0.39, 0.29) is 5.95 Å². The summed E-state index contributed by atoms with van der Waals surface area (Å²) in [6.07, 6.45) is 1.81. The summed E-state index contributed by atoms with van der Waals surface area (Å²) in [5, 5.41) is 0. The van der Waals surface area contributed by atoms with E-state index in [1.54, 1.807) is 13.2 Å². The Morgan fingerprint density at radius 3 is 2.87 bits per heavy atom. The Balaban J connectivity index is 3.00. The molecular formula is C10H16N4O. The highest BCUT2D eigenvalue weighted by molar-refractivity contribution is 5.45. The molecule has 0 aliphatic rings. The van der Waals surface area contributed by atoms with Gasteiger partial charge in [0.05, 0.1) is 7.11 Å².